The molecule has 2 aromatic rings. The molecule has 0 aliphatic carbocycles. The molecule has 0 nitrogen and oxygen atoms in total. The predicted octanol–water partition coefficient (Wildman–Crippen LogP) is 3.43. The molecule has 2 aromatic carbocycles. The minimum absolute atomic E-state index is 0. The van der Waals surface area contributed by atoms with Crippen LogP contribution in [0.15, 0.2) is 48.5 Å². The SMILES string of the molecule is Cc1ccc[c-]1C.[Ti+2].c1cc[cH-]c1. The first kappa shape index (κ1) is 12.4. The monoisotopic (exact) mass is 206 g/mol. The first-order chi connectivity index (χ1) is 5.80. The minimum atomic E-state index is 0. The molecule has 0 N–H and O–H groups in total. The van der Waals surface area contributed by atoms with E-state index in [1.165, 1.54) is 11.1 Å². The van der Waals surface area contributed by atoms with Gasteiger partial charge in [0.15, 0.2) is 0 Å². The van der Waals surface area contributed by atoms with Crippen molar-refractivity contribution >= 4 is 0 Å². The van der Waals surface area contributed by atoms with Crippen LogP contribution in [0, 0.1) is 13.8 Å². The zero-order chi connectivity index (χ0) is 8.81. The molecule has 1 heteroatoms. The van der Waals surface area contributed by atoms with Gasteiger partial charge >= 0.3 is 21.7 Å². The normalized spacial score (nSPS) is 8.15. The van der Waals surface area contributed by atoms with E-state index in [9.17, 15) is 0 Å². The second kappa shape index (κ2) is 6.88. The molecule has 66 valence electrons. The molecule has 0 atom stereocenters. The van der Waals surface area contributed by atoms with Gasteiger partial charge in [-0.15, -0.1) is 0 Å². The third-order valence-corrected chi connectivity index (χ3v) is 1.87. The predicted molar refractivity (Wildman–Crippen MR) is 53.5 cm³/mol. The van der Waals surface area contributed by atoms with Gasteiger partial charge in [0.25, 0.3) is 0 Å². The maximum Gasteiger partial charge on any atom is 2.00 e. The van der Waals surface area contributed by atoms with Gasteiger partial charge < -0.3 is 0 Å². The van der Waals surface area contributed by atoms with Crippen LogP contribution in [0.25, 0.3) is 0 Å². The van der Waals surface area contributed by atoms with Crippen molar-refractivity contribution in [2.45, 2.75) is 13.8 Å². The smallest absolute Gasteiger partial charge is 0.214 e. The first-order valence-electron chi connectivity index (χ1n) is 4.16. The van der Waals surface area contributed by atoms with Crippen LogP contribution in [0.5, 0.6) is 0 Å². The van der Waals surface area contributed by atoms with Crippen molar-refractivity contribution in [2.24, 2.45) is 0 Å². The van der Waals surface area contributed by atoms with E-state index in [1.807, 2.05) is 30.3 Å². The van der Waals surface area contributed by atoms with E-state index in [2.05, 4.69) is 32.0 Å². The Bertz CT molecular complexity index is 257. The van der Waals surface area contributed by atoms with Gasteiger partial charge in [0.05, 0.1) is 0 Å². The Morgan fingerprint density at radius 1 is 1.15 bits per heavy atom. The second-order valence-corrected chi connectivity index (χ2v) is 2.85. The zero-order valence-corrected chi connectivity index (χ0v) is 9.68. The first-order valence-corrected chi connectivity index (χ1v) is 4.16. The van der Waals surface area contributed by atoms with Gasteiger partial charge in [0.1, 0.15) is 0 Å². The van der Waals surface area contributed by atoms with Crippen LogP contribution in [0.2, 0.25) is 0 Å². The fourth-order valence-electron chi connectivity index (χ4n) is 0.920. The van der Waals surface area contributed by atoms with Crippen molar-refractivity contribution in [3.63, 3.8) is 0 Å². The van der Waals surface area contributed by atoms with E-state index in [4.69, 9.17) is 0 Å². The van der Waals surface area contributed by atoms with E-state index >= 15 is 0 Å². The molecule has 0 aliphatic heterocycles. The van der Waals surface area contributed by atoms with Crippen molar-refractivity contribution in [3.05, 3.63) is 59.7 Å². The average Bonchev–Trinajstić information content (AvgIpc) is 2.67. The molecular weight excluding hydrogens is 192 g/mol. The summed E-state index contributed by atoms with van der Waals surface area (Å²) in [6.45, 7) is 4.24. The van der Waals surface area contributed by atoms with E-state index in [0.29, 0.717) is 0 Å². The third-order valence-electron chi connectivity index (χ3n) is 1.87. The Kier molecular flexibility index (Phi) is 6.57. The van der Waals surface area contributed by atoms with E-state index in [-0.39, 0.29) is 21.7 Å². The molecule has 13 heavy (non-hydrogen) atoms. The maximum atomic E-state index is 2.12. The molecule has 0 aromatic heterocycles. The van der Waals surface area contributed by atoms with Crippen LogP contribution >= 0.6 is 0 Å². The van der Waals surface area contributed by atoms with Crippen molar-refractivity contribution in [1.82, 2.24) is 0 Å². The summed E-state index contributed by atoms with van der Waals surface area (Å²) < 4.78 is 0. The van der Waals surface area contributed by atoms with Crippen LogP contribution in [0.3, 0.4) is 0 Å². The Balaban J connectivity index is 0.000000215. The van der Waals surface area contributed by atoms with Crippen LogP contribution in [0.1, 0.15) is 11.1 Å². The zero-order valence-electron chi connectivity index (χ0n) is 8.12. The summed E-state index contributed by atoms with van der Waals surface area (Å²) in [6.07, 6.45) is 0. The van der Waals surface area contributed by atoms with Crippen molar-refractivity contribution in [2.75, 3.05) is 0 Å². The fraction of sp³-hybridized carbons (Fsp3) is 0.167. The molecule has 0 saturated carbocycles. The standard InChI is InChI=1S/C7H9.C5H5.Ti/c1-6-4-3-5-7(6)2;1-2-4-5-3-1;/h3-5H,1-2H3;1-5H;/q2*-1;+2. The van der Waals surface area contributed by atoms with Crippen LogP contribution in [-0.2, 0) is 21.7 Å². The molecule has 0 unspecified atom stereocenters. The molecule has 0 amide bonds. The molecule has 2 rings (SSSR count). The van der Waals surface area contributed by atoms with Gasteiger partial charge in [0, 0.05) is 0 Å². The third kappa shape index (κ3) is 4.87. The van der Waals surface area contributed by atoms with Gasteiger partial charge in [-0.05, 0) is 0 Å². The van der Waals surface area contributed by atoms with Gasteiger partial charge in [0.2, 0.25) is 0 Å². The molecule has 0 spiro atoms. The maximum absolute atomic E-state index is 2.12. The van der Waals surface area contributed by atoms with E-state index in [0.717, 1.165) is 0 Å². The van der Waals surface area contributed by atoms with Crippen molar-refractivity contribution in [3.8, 4) is 0 Å². The van der Waals surface area contributed by atoms with E-state index in [1.54, 1.807) is 0 Å². The van der Waals surface area contributed by atoms with Crippen LogP contribution in [-0.4, -0.2) is 0 Å². The molecule has 0 bridgehead atoms. The molecular formula is C12H14Ti. The Morgan fingerprint density at radius 3 is 1.92 bits per heavy atom. The molecule has 0 radical (unpaired) electrons. The molecule has 0 saturated heterocycles. The number of hydrogen-bond donors (Lipinski definition) is 0. The minimum Gasteiger partial charge on any atom is -0.214 e. The summed E-state index contributed by atoms with van der Waals surface area (Å²) in [7, 11) is 0. The number of aryl methyl sites for hydroxylation is 2. The summed E-state index contributed by atoms with van der Waals surface area (Å²) in [5.41, 5.74) is 2.78. The quantitative estimate of drug-likeness (QED) is 0.457. The molecule has 0 aliphatic rings. The fourth-order valence-corrected chi connectivity index (χ4v) is 0.920. The summed E-state index contributed by atoms with van der Waals surface area (Å²) >= 11 is 0. The molecule has 0 fully saturated rings. The van der Waals surface area contributed by atoms with Gasteiger partial charge in [-0.1, -0.05) is 13.8 Å². The van der Waals surface area contributed by atoms with Crippen LogP contribution in [0.4, 0.5) is 0 Å². The Labute approximate surface area is 95.2 Å². The van der Waals surface area contributed by atoms with Crippen LogP contribution < -0.4 is 0 Å². The summed E-state index contributed by atoms with van der Waals surface area (Å²) in [6, 6.07) is 16.3. The average molecular weight is 206 g/mol. The Hall–Kier alpha value is -0.586. The number of hydrogen-bond acceptors (Lipinski definition) is 0. The summed E-state index contributed by atoms with van der Waals surface area (Å²) in [5, 5.41) is 0. The summed E-state index contributed by atoms with van der Waals surface area (Å²) in [4.78, 5) is 0. The summed E-state index contributed by atoms with van der Waals surface area (Å²) in [5.74, 6) is 0. The topological polar surface area (TPSA) is 0 Å². The van der Waals surface area contributed by atoms with Gasteiger partial charge in [-0.25, -0.2) is 24.3 Å². The molecule has 0 heterocycles. The van der Waals surface area contributed by atoms with Gasteiger partial charge in [-0.2, -0.15) is 35.4 Å². The number of rotatable bonds is 0. The van der Waals surface area contributed by atoms with Crippen molar-refractivity contribution < 1.29 is 21.7 Å². The largest absolute Gasteiger partial charge is 2.00 e. The van der Waals surface area contributed by atoms with Gasteiger partial charge in [-0.3, -0.25) is 0 Å². The van der Waals surface area contributed by atoms with Crippen molar-refractivity contribution in [1.29, 1.82) is 0 Å². The Morgan fingerprint density at radius 2 is 1.77 bits per heavy atom. The second-order valence-electron chi connectivity index (χ2n) is 2.85. The van der Waals surface area contributed by atoms with E-state index < -0.39 is 0 Å².